The fraction of sp³-hybridized carbons (Fsp3) is 0.545. The highest BCUT2D eigenvalue weighted by molar-refractivity contribution is 5.48. The van der Waals surface area contributed by atoms with Crippen LogP contribution in [0, 0.1) is 10.1 Å². The van der Waals surface area contributed by atoms with Crippen LogP contribution in [0.15, 0.2) is 12.1 Å². The van der Waals surface area contributed by atoms with Crippen molar-refractivity contribution in [2.45, 2.75) is 32.8 Å². The van der Waals surface area contributed by atoms with Crippen molar-refractivity contribution < 1.29 is 9.66 Å². The molecule has 6 nitrogen and oxygen atoms in total. The quantitative estimate of drug-likeness (QED) is 0.609. The molecule has 1 rings (SSSR count). The second-order valence-electron chi connectivity index (χ2n) is 3.75. The Hall–Kier alpha value is -1.85. The summed E-state index contributed by atoms with van der Waals surface area (Å²) in [6.45, 7) is 3.91. The first-order chi connectivity index (χ1) is 8.08. The molecule has 1 heterocycles. The molecule has 0 radical (unpaired) electrons. The summed E-state index contributed by atoms with van der Waals surface area (Å²) >= 11 is 0. The molecule has 17 heavy (non-hydrogen) atoms. The molecule has 94 valence electrons. The fourth-order valence-electron chi connectivity index (χ4n) is 1.45. The van der Waals surface area contributed by atoms with Crippen LogP contribution in [0.1, 0.15) is 26.7 Å². The summed E-state index contributed by atoms with van der Waals surface area (Å²) in [5.41, 5.74) is -0.105. The molecule has 0 aliphatic heterocycles. The van der Waals surface area contributed by atoms with Gasteiger partial charge in [0, 0.05) is 13.1 Å². The molecule has 1 aromatic heterocycles. The fourth-order valence-corrected chi connectivity index (χ4v) is 1.45. The molecule has 0 saturated heterocycles. The third kappa shape index (κ3) is 3.58. The molecule has 1 N–H and O–H groups in total. The smallest absolute Gasteiger partial charge is 0.331 e. The Morgan fingerprint density at radius 2 is 2.29 bits per heavy atom. The summed E-state index contributed by atoms with van der Waals surface area (Å²) in [7, 11) is 1.70. The van der Waals surface area contributed by atoms with Crippen LogP contribution >= 0.6 is 0 Å². The largest absolute Gasteiger partial charge is 0.470 e. The molecular weight excluding hydrogens is 222 g/mol. The summed E-state index contributed by atoms with van der Waals surface area (Å²) in [5.74, 6) is 0.622. The summed E-state index contributed by atoms with van der Waals surface area (Å²) < 4.78 is 5.50. The predicted octanol–water partition coefficient (Wildman–Crippen LogP) is 2.60. The summed E-state index contributed by atoms with van der Waals surface area (Å²) in [6.07, 6.45) is 1.71. The van der Waals surface area contributed by atoms with Crippen molar-refractivity contribution in [3.05, 3.63) is 22.2 Å². The van der Waals surface area contributed by atoms with Gasteiger partial charge in [0.2, 0.25) is 0 Å². The summed E-state index contributed by atoms with van der Waals surface area (Å²) in [6, 6.07) is 2.95. The average Bonchev–Trinajstić information content (AvgIpc) is 2.28. The zero-order chi connectivity index (χ0) is 12.8. The maximum Gasteiger partial charge on any atom is 0.331 e. The third-order valence-electron chi connectivity index (χ3n) is 2.30. The van der Waals surface area contributed by atoms with Gasteiger partial charge in [0.25, 0.3) is 5.88 Å². The van der Waals surface area contributed by atoms with Gasteiger partial charge in [-0.3, -0.25) is 10.1 Å². The van der Waals surface area contributed by atoms with E-state index in [1.807, 2.05) is 13.8 Å². The Labute approximate surface area is 100 Å². The number of nitrogens with zero attached hydrogens (tertiary/aromatic N) is 2. The zero-order valence-corrected chi connectivity index (χ0v) is 10.3. The van der Waals surface area contributed by atoms with Gasteiger partial charge < -0.3 is 10.1 Å². The zero-order valence-electron chi connectivity index (χ0n) is 10.3. The molecule has 0 amide bonds. The Morgan fingerprint density at radius 3 is 2.82 bits per heavy atom. The van der Waals surface area contributed by atoms with Gasteiger partial charge in [-0.15, -0.1) is 0 Å². The van der Waals surface area contributed by atoms with E-state index in [0.29, 0.717) is 5.82 Å². The van der Waals surface area contributed by atoms with Gasteiger partial charge in [-0.2, -0.15) is 4.98 Å². The summed E-state index contributed by atoms with van der Waals surface area (Å²) in [5, 5.41) is 13.7. The van der Waals surface area contributed by atoms with Crippen LogP contribution in [-0.4, -0.2) is 23.1 Å². The molecule has 0 spiro atoms. The van der Waals surface area contributed by atoms with Gasteiger partial charge in [0.1, 0.15) is 5.82 Å². The second kappa shape index (κ2) is 6.03. The van der Waals surface area contributed by atoms with Crippen LogP contribution in [0.2, 0.25) is 0 Å². The van der Waals surface area contributed by atoms with Crippen molar-refractivity contribution in [3.63, 3.8) is 0 Å². The van der Waals surface area contributed by atoms with Gasteiger partial charge >= 0.3 is 5.69 Å². The number of hydrogen-bond acceptors (Lipinski definition) is 5. The lowest BCUT2D eigenvalue weighted by molar-refractivity contribution is -0.386. The number of ether oxygens (including phenoxy) is 1. The highest BCUT2D eigenvalue weighted by Crippen LogP contribution is 2.27. The standard InChI is InChI=1S/C11H17N3O3/c1-4-5-8(2)17-11-9(14(15)16)6-7-10(12-3)13-11/h6-8H,4-5H2,1-3H3,(H,12,13). The highest BCUT2D eigenvalue weighted by Gasteiger charge is 2.19. The molecule has 6 heteroatoms. The first-order valence-electron chi connectivity index (χ1n) is 5.58. The second-order valence-corrected chi connectivity index (χ2v) is 3.75. The van der Waals surface area contributed by atoms with Crippen molar-refractivity contribution in [1.82, 2.24) is 4.98 Å². The topological polar surface area (TPSA) is 77.3 Å². The van der Waals surface area contributed by atoms with E-state index in [0.717, 1.165) is 12.8 Å². The third-order valence-corrected chi connectivity index (χ3v) is 2.30. The molecular formula is C11H17N3O3. The minimum absolute atomic E-state index is 0.0720. The van der Waals surface area contributed by atoms with Crippen molar-refractivity contribution in [2.24, 2.45) is 0 Å². The van der Waals surface area contributed by atoms with Crippen LogP contribution in [0.3, 0.4) is 0 Å². The van der Waals surface area contributed by atoms with Crippen molar-refractivity contribution in [2.75, 3.05) is 12.4 Å². The van der Waals surface area contributed by atoms with E-state index in [9.17, 15) is 10.1 Å². The van der Waals surface area contributed by atoms with Crippen LogP contribution in [-0.2, 0) is 0 Å². The lowest BCUT2D eigenvalue weighted by atomic mass is 10.2. The maximum atomic E-state index is 10.8. The first-order valence-corrected chi connectivity index (χ1v) is 5.58. The van der Waals surface area contributed by atoms with E-state index < -0.39 is 4.92 Å². The van der Waals surface area contributed by atoms with Crippen molar-refractivity contribution >= 4 is 11.5 Å². The molecule has 0 aliphatic carbocycles. The monoisotopic (exact) mass is 239 g/mol. The molecule has 1 unspecified atom stereocenters. The Balaban J connectivity index is 2.96. The summed E-state index contributed by atoms with van der Waals surface area (Å²) in [4.78, 5) is 14.4. The first kappa shape index (κ1) is 13.2. The molecule has 1 aromatic rings. The number of rotatable bonds is 6. The Kier molecular flexibility index (Phi) is 4.68. The normalized spacial score (nSPS) is 11.9. The van der Waals surface area contributed by atoms with Crippen LogP contribution in [0.25, 0.3) is 0 Å². The van der Waals surface area contributed by atoms with Crippen LogP contribution in [0.5, 0.6) is 5.88 Å². The molecule has 0 aromatic carbocycles. The van der Waals surface area contributed by atoms with Crippen molar-refractivity contribution in [1.29, 1.82) is 0 Å². The number of hydrogen-bond donors (Lipinski definition) is 1. The minimum atomic E-state index is -0.486. The van der Waals surface area contributed by atoms with E-state index >= 15 is 0 Å². The van der Waals surface area contributed by atoms with E-state index in [-0.39, 0.29) is 17.7 Å². The molecule has 0 bridgehead atoms. The van der Waals surface area contributed by atoms with E-state index in [1.165, 1.54) is 6.07 Å². The molecule has 0 aliphatic rings. The molecule has 0 saturated carbocycles. The number of pyridine rings is 1. The maximum absolute atomic E-state index is 10.8. The lowest BCUT2D eigenvalue weighted by Gasteiger charge is -2.13. The number of anilines is 1. The lowest BCUT2D eigenvalue weighted by Crippen LogP contribution is -2.13. The van der Waals surface area contributed by atoms with E-state index in [1.54, 1.807) is 13.1 Å². The van der Waals surface area contributed by atoms with Crippen molar-refractivity contribution in [3.8, 4) is 5.88 Å². The highest BCUT2D eigenvalue weighted by atomic mass is 16.6. The number of nitro groups is 1. The molecule has 0 fully saturated rings. The van der Waals surface area contributed by atoms with Gasteiger partial charge in [0.15, 0.2) is 0 Å². The van der Waals surface area contributed by atoms with Gasteiger partial charge in [0.05, 0.1) is 11.0 Å². The van der Waals surface area contributed by atoms with E-state index in [2.05, 4.69) is 10.3 Å². The van der Waals surface area contributed by atoms with Gasteiger partial charge in [-0.25, -0.2) is 0 Å². The van der Waals surface area contributed by atoms with Crippen LogP contribution < -0.4 is 10.1 Å². The SMILES string of the molecule is CCCC(C)Oc1nc(NC)ccc1[N+](=O)[O-]. The number of nitrogens with one attached hydrogen (secondary N) is 1. The minimum Gasteiger partial charge on any atom is -0.470 e. The Bertz CT molecular complexity index is 396. The van der Waals surface area contributed by atoms with E-state index in [4.69, 9.17) is 4.74 Å². The van der Waals surface area contributed by atoms with Crippen LogP contribution in [0.4, 0.5) is 11.5 Å². The molecule has 1 atom stereocenters. The van der Waals surface area contributed by atoms with Gasteiger partial charge in [-0.05, 0) is 19.4 Å². The predicted molar refractivity (Wildman–Crippen MR) is 65.4 cm³/mol. The number of aromatic nitrogens is 1. The van der Waals surface area contributed by atoms with Gasteiger partial charge in [-0.1, -0.05) is 13.3 Å². The Morgan fingerprint density at radius 1 is 1.59 bits per heavy atom. The average molecular weight is 239 g/mol.